The molecule has 1 fully saturated rings. The van der Waals surface area contributed by atoms with Gasteiger partial charge in [0.15, 0.2) is 5.16 Å². The van der Waals surface area contributed by atoms with E-state index in [1.165, 1.54) is 23.7 Å². The minimum absolute atomic E-state index is 0.0574. The molecule has 0 saturated heterocycles. The van der Waals surface area contributed by atoms with Crippen LogP contribution in [0, 0.1) is 0 Å². The van der Waals surface area contributed by atoms with Gasteiger partial charge in [0.05, 0.1) is 17.0 Å². The van der Waals surface area contributed by atoms with Crippen molar-refractivity contribution in [2.45, 2.75) is 75.5 Å². The van der Waals surface area contributed by atoms with Crippen LogP contribution in [0.5, 0.6) is 0 Å². The van der Waals surface area contributed by atoms with E-state index in [1.807, 2.05) is 41.0 Å². The molecule has 0 unspecified atom stereocenters. The lowest BCUT2D eigenvalue weighted by Crippen LogP contribution is -2.43. The number of amides is 1. The predicted molar refractivity (Wildman–Crippen MR) is 142 cm³/mol. The first-order valence-electron chi connectivity index (χ1n) is 12.8. The maximum absolute atomic E-state index is 14.1. The fraction of sp³-hybridized carbons (Fsp3) is 0.414. The number of hydrogen-bond acceptors (Lipinski definition) is 4. The van der Waals surface area contributed by atoms with Crippen LogP contribution in [0.2, 0.25) is 0 Å². The molecule has 5 nitrogen and oxygen atoms in total. The van der Waals surface area contributed by atoms with E-state index in [2.05, 4.69) is 30.4 Å². The first-order chi connectivity index (χ1) is 17.1. The molecule has 6 heteroatoms. The van der Waals surface area contributed by atoms with Crippen LogP contribution in [-0.2, 0) is 29.7 Å². The molecule has 182 valence electrons. The van der Waals surface area contributed by atoms with Crippen molar-refractivity contribution in [3.63, 3.8) is 0 Å². The highest BCUT2D eigenvalue weighted by Gasteiger charge is 2.43. The van der Waals surface area contributed by atoms with Gasteiger partial charge < -0.3 is 5.32 Å². The molecular weight excluding hydrogens is 454 g/mol. The van der Waals surface area contributed by atoms with E-state index in [1.54, 1.807) is 0 Å². The lowest BCUT2D eigenvalue weighted by atomic mass is 9.62. The van der Waals surface area contributed by atoms with Crippen LogP contribution in [0.3, 0.4) is 0 Å². The van der Waals surface area contributed by atoms with Crippen LogP contribution in [0.15, 0.2) is 64.5 Å². The van der Waals surface area contributed by atoms with Gasteiger partial charge in [-0.2, -0.15) is 0 Å². The summed E-state index contributed by atoms with van der Waals surface area (Å²) in [5.74, 6) is 0.173. The Labute approximate surface area is 211 Å². The topological polar surface area (TPSA) is 64.0 Å². The first kappa shape index (κ1) is 23.9. The normalized spacial score (nSPS) is 15.9. The Morgan fingerprint density at radius 2 is 1.80 bits per heavy atom. The van der Waals surface area contributed by atoms with E-state index >= 15 is 0 Å². The molecule has 2 aromatic carbocycles. The maximum atomic E-state index is 14.1. The van der Waals surface area contributed by atoms with Crippen molar-refractivity contribution in [1.29, 1.82) is 0 Å². The van der Waals surface area contributed by atoms with Crippen molar-refractivity contribution in [2.24, 2.45) is 0 Å². The summed E-state index contributed by atoms with van der Waals surface area (Å²) in [6.07, 6.45) is 7.42. The van der Waals surface area contributed by atoms with E-state index < -0.39 is 0 Å². The number of carbonyl (C=O) groups excluding carboxylic acids is 1. The maximum Gasteiger partial charge on any atom is 0.258 e. The van der Waals surface area contributed by atoms with Crippen LogP contribution in [-0.4, -0.2) is 21.2 Å². The summed E-state index contributed by atoms with van der Waals surface area (Å²) in [5.41, 5.74) is 5.18. The molecule has 1 aromatic heterocycles. The molecule has 5 rings (SSSR count). The van der Waals surface area contributed by atoms with E-state index in [9.17, 15) is 9.59 Å². The zero-order valence-corrected chi connectivity index (χ0v) is 21.2. The quantitative estimate of drug-likeness (QED) is 0.354. The Hall–Kier alpha value is -2.86. The highest BCUT2D eigenvalue weighted by atomic mass is 32.2. The average molecular weight is 488 g/mol. The molecule has 35 heavy (non-hydrogen) atoms. The third-order valence-corrected chi connectivity index (χ3v) is 8.36. The van der Waals surface area contributed by atoms with Gasteiger partial charge in [-0.3, -0.25) is 14.2 Å². The summed E-state index contributed by atoms with van der Waals surface area (Å²) in [5, 5.41) is 3.63. The van der Waals surface area contributed by atoms with Gasteiger partial charge in [0.25, 0.3) is 5.56 Å². The number of carbonyl (C=O) groups is 1. The fourth-order valence-corrected chi connectivity index (χ4v) is 6.58. The predicted octanol–water partition coefficient (Wildman–Crippen LogP) is 5.49. The zero-order valence-electron chi connectivity index (χ0n) is 20.4. The van der Waals surface area contributed by atoms with Gasteiger partial charge in [0.2, 0.25) is 5.91 Å². The largest absolute Gasteiger partial charge is 0.351 e. The molecule has 1 saturated carbocycles. The molecule has 0 radical (unpaired) electrons. The zero-order chi connectivity index (χ0) is 24.3. The lowest BCUT2D eigenvalue weighted by molar-refractivity contribution is -0.118. The molecule has 0 bridgehead atoms. The second-order valence-electron chi connectivity index (χ2n) is 9.80. The third kappa shape index (κ3) is 4.81. The Morgan fingerprint density at radius 3 is 2.57 bits per heavy atom. The van der Waals surface area contributed by atoms with Crippen molar-refractivity contribution in [3.05, 3.63) is 81.6 Å². The number of nitrogens with one attached hydrogen (secondary N) is 1. The molecule has 2 aliphatic rings. The van der Waals surface area contributed by atoms with Crippen molar-refractivity contribution in [3.8, 4) is 11.3 Å². The van der Waals surface area contributed by atoms with Gasteiger partial charge in [-0.15, -0.1) is 0 Å². The summed E-state index contributed by atoms with van der Waals surface area (Å²) in [4.78, 5) is 31.8. The molecule has 1 N–H and O–H groups in total. The van der Waals surface area contributed by atoms with Gasteiger partial charge in [-0.25, -0.2) is 4.98 Å². The molecule has 0 aliphatic heterocycles. The molecule has 3 aromatic rings. The van der Waals surface area contributed by atoms with Gasteiger partial charge in [0.1, 0.15) is 0 Å². The molecule has 0 atom stereocenters. The minimum Gasteiger partial charge on any atom is -0.351 e. The van der Waals surface area contributed by atoms with Crippen LogP contribution in [0.25, 0.3) is 11.3 Å². The number of nitrogens with zero attached hydrogens (tertiary/aromatic N) is 2. The third-order valence-electron chi connectivity index (χ3n) is 7.39. The van der Waals surface area contributed by atoms with Crippen molar-refractivity contribution in [1.82, 2.24) is 14.9 Å². The van der Waals surface area contributed by atoms with E-state index in [0.717, 1.165) is 60.9 Å². The number of fused-ring (bicyclic) bond motifs is 4. The van der Waals surface area contributed by atoms with Crippen LogP contribution < -0.4 is 10.9 Å². The Kier molecular flexibility index (Phi) is 7.09. The number of rotatable bonds is 7. The van der Waals surface area contributed by atoms with Gasteiger partial charge in [0, 0.05) is 24.1 Å². The highest BCUT2D eigenvalue weighted by molar-refractivity contribution is 7.99. The summed E-state index contributed by atoms with van der Waals surface area (Å²) in [6.45, 7) is 3.19. The van der Waals surface area contributed by atoms with E-state index in [-0.39, 0.29) is 22.6 Å². The van der Waals surface area contributed by atoms with Gasteiger partial charge >= 0.3 is 0 Å². The van der Waals surface area contributed by atoms with Crippen molar-refractivity contribution < 1.29 is 4.79 Å². The Morgan fingerprint density at radius 1 is 1.06 bits per heavy atom. The second kappa shape index (κ2) is 10.4. The minimum atomic E-state index is -0.113. The van der Waals surface area contributed by atoms with Gasteiger partial charge in [-0.1, -0.05) is 92.5 Å². The number of thioether (sulfide) groups is 1. The van der Waals surface area contributed by atoms with Crippen molar-refractivity contribution in [2.75, 3.05) is 5.75 Å². The number of benzene rings is 2. The standard InChI is InChI=1S/C29H33N3O2S/c1-2-17-32-27(34)25-26(23-14-8-7-13-22(23)18-29(25)15-9-4-10-16-29)31-28(32)35-20-24(33)30-19-21-11-5-3-6-12-21/h3,5-8,11-14H,2,4,9-10,15-20H2,1H3,(H,30,33). The Bertz CT molecular complexity index is 1260. The molecule has 1 amide bonds. The van der Waals surface area contributed by atoms with Crippen LogP contribution in [0.4, 0.5) is 0 Å². The fourth-order valence-electron chi connectivity index (χ4n) is 5.73. The summed E-state index contributed by atoms with van der Waals surface area (Å²) < 4.78 is 1.83. The lowest BCUT2D eigenvalue weighted by Gasteiger charge is -2.42. The van der Waals surface area contributed by atoms with Crippen LogP contribution in [0.1, 0.15) is 62.1 Å². The SMILES string of the molecule is CCCn1c(SCC(=O)NCc2ccccc2)nc2c(c1=O)C1(CCCCC1)Cc1ccccc1-2. The smallest absolute Gasteiger partial charge is 0.258 e. The monoisotopic (exact) mass is 487 g/mol. The van der Waals surface area contributed by atoms with Crippen LogP contribution >= 0.6 is 11.8 Å². The summed E-state index contributed by atoms with van der Waals surface area (Å²) in [6, 6.07) is 18.3. The Balaban J connectivity index is 1.48. The molecule has 1 heterocycles. The highest BCUT2D eigenvalue weighted by Crippen LogP contribution is 2.48. The molecule has 2 aliphatic carbocycles. The number of hydrogen-bond donors (Lipinski definition) is 1. The summed E-state index contributed by atoms with van der Waals surface area (Å²) >= 11 is 1.37. The molecular formula is C29H33N3O2S. The first-order valence-corrected chi connectivity index (χ1v) is 13.8. The summed E-state index contributed by atoms with van der Waals surface area (Å²) in [7, 11) is 0. The second-order valence-corrected chi connectivity index (χ2v) is 10.7. The van der Waals surface area contributed by atoms with Gasteiger partial charge in [-0.05, 0) is 36.8 Å². The average Bonchev–Trinajstić information content (AvgIpc) is 2.89. The van der Waals surface area contributed by atoms with E-state index in [0.29, 0.717) is 18.2 Å². The van der Waals surface area contributed by atoms with Crippen molar-refractivity contribution >= 4 is 17.7 Å². The van der Waals surface area contributed by atoms with E-state index in [4.69, 9.17) is 4.98 Å². The number of aromatic nitrogens is 2. The molecule has 1 spiro atoms.